The molecular weight excluding hydrogens is 268 g/mol. The Labute approximate surface area is 125 Å². The minimum absolute atomic E-state index is 0.112. The summed E-state index contributed by atoms with van der Waals surface area (Å²) in [6, 6.07) is 6.14. The second-order valence-electron chi connectivity index (χ2n) is 6.36. The lowest BCUT2D eigenvalue weighted by atomic mass is 9.84. The normalized spacial score (nSPS) is 23.0. The van der Waals surface area contributed by atoms with Gasteiger partial charge in [0.25, 0.3) is 5.91 Å². The van der Waals surface area contributed by atoms with Crippen molar-refractivity contribution in [3.05, 3.63) is 24.3 Å². The van der Waals surface area contributed by atoms with Gasteiger partial charge in [-0.25, -0.2) is 0 Å². The van der Waals surface area contributed by atoms with Crippen molar-refractivity contribution in [1.82, 2.24) is 5.32 Å². The quantitative estimate of drug-likeness (QED) is 0.906. The summed E-state index contributed by atoms with van der Waals surface area (Å²) in [6.07, 6.45) is 0. The lowest BCUT2D eigenvalue weighted by Gasteiger charge is -2.42. The number of nitrogens with one attached hydrogen (secondary N) is 1. The summed E-state index contributed by atoms with van der Waals surface area (Å²) in [6.45, 7) is 7.53. The predicted octanol–water partition coefficient (Wildman–Crippen LogP) is 1.96. The van der Waals surface area contributed by atoms with Gasteiger partial charge in [-0.2, -0.15) is 0 Å². The summed E-state index contributed by atoms with van der Waals surface area (Å²) in [4.78, 5) is 26.6. The average molecular weight is 290 g/mol. The molecule has 2 atom stereocenters. The Morgan fingerprint density at radius 2 is 1.81 bits per heavy atom. The third kappa shape index (κ3) is 2.73. The number of carbonyl (C=O) groups excluding carboxylic acids is 2. The molecule has 1 aromatic carbocycles. The van der Waals surface area contributed by atoms with Gasteiger partial charge >= 0.3 is 0 Å². The molecule has 2 rings (SSSR count). The van der Waals surface area contributed by atoms with Gasteiger partial charge in [0, 0.05) is 0 Å². The van der Waals surface area contributed by atoms with Crippen LogP contribution in [0.15, 0.2) is 24.3 Å². The van der Waals surface area contributed by atoms with Crippen LogP contribution in [0.1, 0.15) is 27.7 Å². The zero-order valence-electron chi connectivity index (χ0n) is 13.1. The molecular formula is C16H22N2O3. The number of nitrogens with zero attached hydrogens (tertiary/aromatic N) is 1. The van der Waals surface area contributed by atoms with Crippen LogP contribution in [0.25, 0.3) is 0 Å². The topological polar surface area (TPSA) is 58.6 Å². The van der Waals surface area contributed by atoms with E-state index in [9.17, 15) is 9.59 Å². The summed E-state index contributed by atoms with van der Waals surface area (Å²) in [5, 5.41) is 2.82. The second kappa shape index (κ2) is 5.39. The molecule has 1 aliphatic rings. The van der Waals surface area contributed by atoms with Crippen LogP contribution < -0.4 is 15.0 Å². The fourth-order valence-electron chi connectivity index (χ4n) is 2.51. The second-order valence-corrected chi connectivity index (χ2v) is 6.36. The predicted molar refractivity (Wildman–Crippen MR) is 81.3 cm³/mol. The molecule has 2 unspecified atom stereocenters. The maximum atomic E-state index is 12.9. The monoisotopic (exact) mass is 290 g/mol. The number of para-hydroxylation sites is 2. The number of carbonyl (C=O) groups is 2. The molecule has 0 bridgehead atoms. The standard InChI is InChI=1S/C16H22N2O3/c1-10-14(19)17-13(16(2,3)4)15(20)18(10)11-8-6-7-9-12(11)21-5/h6-10,13H,1-5H3,(H,17,19). The highest BCUT2D eigenvalue weighted by Crippen LogP contribution is 2.34. The van der Waals surface area contributed by atoms with Gasteiger partial charge in [0.1, 0.15) is 17.8 Å². The zero-order chi connectivity index (χ0) is 15.8. The number of piperazine rings is 1. The van der Waals surface area contributed by atoms with E-state index in [0.29, 0.717) is 11.4 Å². The molecule has 1 fully saturated rings. The first-order valence-corrected chi connectivity index (χ1v) is 7.04. The van der Waals surface area contributed by atoms with E-state index in [1.54, 1.807) is 26.2 Å². The van der Waals surface area contributed by atoms with Crippen molar-refractivity contribution in [2.45, 2.75) is 39.8 Å². The van der Waals surface area contributed by atoms with Gasteiger partial charge in [0.2, 0.25) is 5.91 Å². The molecule has 0 aliphatic carbocycles. The molecule has 5 nitrogen and oxygen atoms in total. The van der Waals surface area contributed by atoms with E-state index in [2.05, 4.69) is 5.32 Å². The number of hydrogen-bond donors (Lipinski definition) is 1. The van der Waals surface area contributed by atoms with E-state index in [1.165, 1.54) is 4.90 Å². The fraction of sp³-hybridized carbons (Fsp3) is 0.500. The maximum absolute atomic E-state index is 12.9. The third-order valence-corrected chi connectivity index (χ3v) is 3.75. The van der Waals surface area contributed by atoms with Crippen molar-refractivity contribution in [3.8, 4) is 5.75 Å². The van der Waals surface area contributed by atoms with Crippen molar-refractivity contribution in [2.24, 2.45) is 5.41 Å². The highest BCUT2D eigenvalue weighted by atomic mass is 16.5. The first-order valence-electron chi connectivity index (χ1n) is 7.04. The van der Waals surface area contributed by atoms with Crippen LogP contribution >= 0.6 is 0 Å². The Morgan fingerprint density at radius 3 is 2.38 bits per heavy atom. The minimum Gasteiger partial charge on any atom is -0.495 e. The molecule has 1 aliphatic heterocycles. The maximum Gasteiger partial charge on any atom is 0.250 e. The number of ether oxygens (including phenoxy) is 1. The van der Waals surface area contributed by atoms with E-state index in [4.69, 9.17) is 4.74 Å². The van der Waals surface area contributed by atoms with Gasteiger partial charge in [-0.05, 0) is 24.5 Å². The largest absolute Gasteiger partial charge is 0.495 e. The SMILES string of the molecule is COc1ccccc1N1C(=O)C(C(C)(C)C)NC(=O)C1C. The van der Waals surface area contributed by atoms with Crippen LogP contribution in [0.2, 0.25) is 0 Å². The molecule has 1 aromatic rings. The van der Waals surface area contributed by atoms with Crippen molar-refractivity contribution >= 4 is 17.5 Å². The first kappa shape index (κ1) is 15.4. The highest BCUT2D eigenvalue weighted by molar-refractivity contribution is 6.09. The number of rotatable bonds is 2. The van der Waals surface area contributed by atoms with Crippen LogP contribution in [0.4, 0.5) is 5.69 Å². The molecule has 0 aromatic heterocycles. The van der Waals surface area contributed by atoms with Gasteiger partial charge in [-0.1, -0.05) is 32.9 Å². The third-order valence-electron chi connectivity index (χ3n) is 3.75. The Hall–Kier alpha value is -2.04. The molecule has 2 amide bonds. The van der Waals surface area contributed by atoms with Gasteiger partial charge in [-0.3, -0.25) is 14.5 Å². The Balaban J connectivity index is 2.49. The molecule has 1 heterocycles. The Bertz CT molecular complexity index is 563. The molecule has 1 N–H and O–H groups in total. The number of anilines is 1. The van der Waals surface area contributed by atoms with E-state index < -0.39 is 12.1 Å². The van der Waals surface area contributed by atoms with Crippen molar-refractivity contribution in [2.75, 3.05) is 12.0 Å². The Kier molecular flexibility index (Phi) is 3.94. The summed E-state index contributed by atoms with van der Waals surface area (Å²) < 4.78 is 5.33. The van der Waals surface area contributed by atoms with Crippen molar-refractivity contribution < 1.29 is 14.3 Å². The molecule has 0 spiro atoms. The zero-order valence-corrected chi connectivity index (χ0v) is 13.1. The molecule has 21 heavy (non-hydrogen) atoms. The summed E-state index contributed by atoms with van der Waals surface area (Å²) in [5.74, 6) is 0.319. The van der Waals surface area contributed by atoms with Crippen LogP contribution in [0.3, 0.4) is 0 Å². The van der Waals surface area contributed by atoms with E-state index >= 15 is 0 Å². The van der Waals surface area contributed by atoms with Crippen molar-refractivity contribution in [3.63, 3.8) is 0 Å². The first-order chi connectivity index (χ1) is 9.77. The van der Waals surface area contributed by atoms with Crippen LogP contribution in [-0.2, 0) is 9.59 Å². The number of methoxy groups -OCH3 is 1. The molecule has 0 saturated carbocycles. The summed E-state index contributed by atoms with van der Waals surface area (Å²) >= 11 is 0. The van der Waals surface area contributed by atoms with Gasteiger partial charge in [0.05, 0.1) is 12.8 Å². The highest BCUT2D eigenvalue weighted by Gasteiger charge is 2.44. The van der Waals surface area contributed by atoms with Gasteiger partial charge in [0.15, 0.2) is 0 Å². The van der Waals surface area contributed by atoms with E-state index in [-0.39, 0.29) is 17.2 Å². The summed E-state index contributed by atoms with van der Waals surface area (Å²) in [7, 11) is 1.55. The summed E-state index contributed by atoms with van der Waals surface area (Å²) in [5.41, 5.74) is 0.272. The average Bonchev–Trinajstić information content (AvgIpc) is 2.42. The van der Waals surface area contributed by atoms with Crippen LogP contribution in [-0.4, -0.2) is 31.0 Å². The van der Waals surface area contributed by atoms with Crippen molar-refractivity contribution in [1.29, 1.82) is 0 Å². The molecule has 5 heteroatoms. The molecule has 114 valence electrons. The number of amides is 2. The smallest absolute Gasteiger partial charge is 0.250 e. The molecule has 1 saturated heterocycles. The Morgan fingerprint density at radius 1 is 1.19 bits per heavy atom. The lowest BCUT2D eigenvalue weighted by molar-refractivity contribution is -0.136. The fourth-order valence-corrected chi connectivity index (χ4v) is 2.51. The minimum atomic E-state index is -0.563. The number of hydrogen-bond acceptors (Lipinski definition) is 3. The van der Waals surface area contributed by atoms with Crippen LogP contribution in [0, 0.1) is 5.41 Å². The van der Waals surface area contributed by atoms with E-state index in [0.717, 1.165) is 0 Å². The number of benzene rings is 1. The van der Waals surface area contributed by atoms with E-state index in [1.807, 2.05) is 32.9 Å². The lowest BCUT2D eigenvalue weighted by Crippen LogP contribution is -2.66. The van der Waals surface area contributed by atoms with Gasteiger partial charge < -0.3 is 10.1 Å². The van der Waals surface area contributed by atoms with Gasteiger partial charge in [-0.15, -0.1) is 0 Å². The van der Waals surface area contributed by atoms with Crippen LogP contribution in [0.5, 0.6) is 5.75 Å². The molecule has 0 radical (unpaired) electrons.